The lowest BCUT2D eigenvalue weighted by Crippen LogP contribution is -2.52. The van der Waals surface area contributed by atoms with E-state index in [2.05, 4.69) is 11.8 Å². The van der Waals surface area contributed by atoms with Gasteiger partial charge in [0.1, 0.15) is 10.6 Å². The smallest absolute Gasteiger partial charge is 0.246 e. The summed E-state index contributed by atoms with van der Waals surface area (Å²) in [5, 5.41) is 0.712. The van der Waals surface area contributed by atoms with Gasteiger partial charge in [-0.25, -0.2) is 8.42 Å². The molecule has 9 heteroatoms. The zero-order valence-electron chi connectivity index (χ0n) is 21.5. The SMILES string of the molecule is COc1ccc(C(C)C)cc1S(=O)(=O)N1CCC(C(=O)N2CCN(c3cc(Cl)ccc3C)CC2)CC1. The number of benzene rings is 2. The van der Waals surface area contributed by atoms with Crippen LogP contribution in [0, 0.1) is 12.8 Å². The molecule has 2 fully saturated rings. The summed E-state index contributed by atoms with van der Waals surface area (Å²) in [6.07, 6.45) is 1.05. The number of piperazine rings is 1. The third kappa shape index (κ3) is 5.50. The van der Waals surface area contributed by atoms with Crippen molar-refractivity contribution >= 4 is 33.2 Å². The number of anilines is 1. The monoisotopic (exact) mass is 533 g/mol. The lowest BCUT2D eigenvalue weighted by atomic mass is 9.96. The summed E-state index contributed by atoms with van der Waals surface area (Å²) in [5.74, 6) is 0.538. The van der Waals surface area contributed by atoms with E-state index in [1.807, 2.05) is 43.0 Å². The van der Waals surface area contributed by atoms with Gasteiger partial charge in [0, 0.05) is 55.9 Å². The molecule has 2 heterocycles. The highest BCUT2D eigenvalue weighted by Gasteiger charge is 2.36. The molecule has 0 atom stereocenters. The van der Waals surface area contributed by atoms with Gasteiger partial charge >= 0.3 is 0 Å². The molecule has 0 aliphatic carbocycles. The molecule has 0 spiro atoms. The average Bonchev–Trinajstić information content (AvgIpc) is 2.89. The maximum absolute atomic E-state index is 13.5. The molecule has 2 aromatic rings. The lowest BCUT2D eigenvalue weighted by molar-refractivity contribution is -0.137. The zero-order chi connectivity index (χ0) is 26.0. The molecule has 36 heavy (non-hydrogen) atoms. The Morgan fingerprint density at radius 2 is 1.67 bits per heavy atom. The molecular weight excluding hydrogens is 498 g/mol. The first-order chi connectivity index (χ1) is 17.1. The quantitative estimate of drug-likeness (QED) is 0.545. The van der Waals surface area contributed by atoms with Crippen molar-refractivity contribution in [3.63, 3.8) is 0 Å². The number of halogens is 1. The molecule has 196 valence electrons. The Hall–Kier alpha value is -2.29. The maximum Gasteiger partial charge on any atom is 0.246 e. The Kier molecular flexibility index (Phi) is 8.17. The van der Waals surface area contributed by atoms with Gasteiger partial charge in [0.2, 0.25) is 15.9 Å². The van der Waals surface area contributed by atoms with Crippen LogP contribution in [0.15, 0.2) is 41.3 Å². The standard InChI is InChI=1S/C27H36ClN3O4S/c1-19(2)22-6-8-25(35-4)26(17-22)36(33,34)31-11-9-21(10-12-31)27(32)30-15-13-29(14-16-30)24-18-23(28)7-5-20(24)3/h5-8,17-19,21H,9-16H2,1-4H3. The van der Waals surface area contributed by atoms with Crippen molar-refractivity contribution in [3.8, 4) is 5.75 Å². The van der Waals surface area contributed by atoms with Crippen LogP contribution >= 0.6 is 11.6 Å². The predicted molar refractivity (Wildman–Crippen MR) is 144 cm³/mol. The van der Waals surface area contributed by atoms with Crippen LogP contribution in [0.25, 0.3) is 0 Å². The molecule has 7 nitrogen and oxygen atoms in total. The van der Waals surface area contributed by atoms with E-state index in [0.29, 0.717) is 49.8 Å². The van der Waals surface area contributed by atoms with Gasteiger partial charge in [-0.2, -0.15) is 4.31 Å². The third-order valence-corrected chi connectivity index (χ3v) is 9.53. The number of methoxy groups -OCH3 is 1. The number of nitrogens with zero attached hydrogens (tertiary/aromatic N) is 3. The minimum Gasteiger partial charge on any atom is -0.495 e. The first kappa shape index (κ1) is 26.8. The number of carbonyl (C=O) groups is 1. The second-order valence-electron chi connectivity index (χ2n) is 9.99. The Morgan fingerprint density at radius 3 is 2.28 bits per heavy atom. The molecule has 2 aliphatic rings. The van der Waals surface area contributed by atoms with Crippen molar-refractivity contribution in [2.75, 3.05) is 51.3 Å². The number of aryl methyl sites for hydroxylation is 1. The minimum absolute atomic E-state index is 0.133. The second kappa shape index (κ2) is 11.0. The van der Waals surface area contributed by atoms with Crippen molar-refractivity contribution in [2.24, 2.45) is 5.92 Å². The fourth-order valence-corrected chi connectivity index (χ4v) is 6.91. The van der Waals surface area contributed by atoms with E-state index in [9.17, 15) is 13.2 Å². The minimum atomic E-state index is -3.71. The van der Waals surface area contributed by atoms with Gasteiger partial charge in [-0.05, 0) is 61.1 Å². The van der Waals surface area contributed by atoms with Gasteiger partial charge in [0.05, 0.1) is 7.11 Å². The van der Waals surface area contributed by atoms with Gasteiger partial charge in [0.15, 0.2) is 0 Å². The molecule has 4 rings (SSSR count). The first-order valence-corrected chi connectivity index (χ1v) is 14.4. The number of hydrogen-bond acceptors (Lipinski definition) is 5. The highest BCUT2D eigenvalue weighted by Crippen LogP contribution is 2.33. The summed E-state index contributed by atoms with van der Waals surface area (Å²) in [6.45, 7) is 9.62. The van der Waals surface area contributed by atoms with Crippen LogP contribution in [0.5, 0.6) is 5.75 Å². The van der Waals surface area contributed by atoms with E-state index in [-0.39, 0.29) is 22.6 Å². The number of rotatable bonds is 6. The maximum atomic E-state index is 13.5. The molecule has 2 aliphatic heterocycles. The normalized spacial score (nSPS) is 18.1. The number of hydrogen-bond donors (Lipinski definition) is 0. The molecule has 0 aromatic heterocycles. The van der Waals surface area contributed by atoms with Crippen molar-refractivity contribution < 1.29 is 17.9 Å². The zero-order valence-corrected chi connectivity index (χ0v) is 23.1. The van der Waals surface area contributed by atoms with Crippen molar-refractivity contribution in [1.82, 2.24) is 9.21 Å². The van der Waals surface area contributed by atoms with Crippen LogP contribution in [0.2, 0.25) is 5.02 Å². The highest BCUT2D eigenvalue weighted by molar-refractivity contribution is 7.89. The van der Waals surface area contributed by atoms with Gasteiger partial charge in [0.25, 0.3) is 0 Å². The van der Waals surface area contributed by atoms with E-state index in [1.54, 1.807) is 12.1 Å². The van der Waals surface area contributed by atoms with Crippen molar-refractivity contribution in [2.45, 2.75) is 44.4 Å². The van der Waals surface area contributed by atoms with E-state index >= 15 is 0 Å². The van der Waals surface area contributed by atoms with E-state index in [4.69, 9.17) is 16.3 Å². The molecule has 0 saturated carbocycles. The predicted octanol–water partition coefficient (Wildman–Crippen LogP) is 4.53. The number of ether oxygens (including phenoxy) is 1. The Balaban J connectivity index is 1.37. The summed E-state index contributed by atoms with van der Waals surface area (Å²) in [5.41, 5.74) is 3.24. The molecule has 0 unspecified atom stereocenters. The Labute approximate surface area is 220 Å². The van der Waals surface area contributed by atoms with E-state index in [0.717, 1.165) is 24.3 Å². The summed E-state index contributed by atoms with van der Waals surface area (Å²) in [4.78, 5) is 17.7. The van der Waals surface area contributed by atoms with Crippen molar-refractivity contribution in [3.05, 3.63) is 52.5 Å². The lowest BCUT2D eigenvalue weighted by Gasteiger charge is -2.39. The van der Waals surface area contributed by atoms with E-state index < -0.39 is 10.0 Å². The number of amides is 1. The van der Waals surface area contributed by atoms with Gasteiger partial charge in [-0.1, -0.05) is 37.6 Å². The van der Waals surface area contributed by atoms with Crippen LogP contribution < -0.4 is 9.64 Å². The summed E-state index contributed by atoms with van der Waals surface area (Å²) < 4.78 is 33.8. The average molecular weight is 534 g/mol. The fraction of sp³-hybridized carbons (Fsp3) is 0.519. The second-order valence-corrected chi connectivity index (χ2v) is 12.3. The molecule has 0 N–H and O–H groups in total. The molecule has 2 saturated heterocycles. The van der Waals surface area contributed by atoms with Crippen LogP contribution in [0.4, 0.5) is 5.69 Å². The molecule has 2 aromatic carbocycles. The van der Waals surface area contributed by atoms with Crippen LogP contribution in [0.1, 0.15) is 43.7 Å². The largest absolute Gasteiger partial charge is 0.495 e. The Morgan fingerprint density at radius 1 is 1.00 bits per heavy atom. The molecule has 1 amide bonds. The molecular formula is C27H36ClN3O4S. The Bertz CT molecular complexity index is 1200. The summed E-state index contributed by atoms with van der Waals surface area (Å²) >= 11 is 6.19. The summed E-state index contributed by atoms with van der Waals surface area (Å²) in [6, 6.07) is 11.2. The third-order valence-electron chi connectivity index (χ3n) is 7.38. The van der Waals surface area contributed by atoms with Crippen LogP contribution in [0.3, 0.4) is 0 Å². The number of sulfonamides is 1. The topological polar surface area (TPSA) is 70.2 Å². The fourth-order valence-electron chi connectivity index (χ4n) is 5.09. The molecule has 0 bridgehead atoms. The van der Waals surface area contributed by atoms with Gasteiger partial charge in [-0.15, -0.1) is 0 Å². The van der Waals surface area contributed by atoms with E-state index in [1.165, 1.54) is 17.0 Å². The van der Waals surface area contributed by atoms with Gasteiger partial charge in [-0.3, -0.25) is 4.79 Å². The van der Waals surface area contributed by atoms with Crippen LogP contribution in [-0.2, 0) is 14.8 Å². The molecule has 0 radical (unpaired) electrons. The van der Waals surface area contributed by atoms with Crippen LogP contribution in [-0.4, -0.2) is 69.9 Å². The number of piperidine rings is 1. The number of carbonyl (C=O) groups excluding carboxylic acids is 1. The first-order valence-electron chi connectivity index (χ1n) is 12.6. The highest BCUT2D eigenvalue weighted by atomic mass is 35.5. The van der Waals surface area contributed by atoms with Gasteiger partial charge < -0.3 is 14.5 Å². The van der Waals surface area contributed by atoms with Crippen molar-refractivity contribution in [1.29, 1.82) is 0 Å². The summed E-state index contributed by atoms with van der Waals surface area (Å²) in [7, 11) is -2.23.